The van der Waals surface area contributed by atoms with Crippen molar-refractivity contribution in [2.75, 3.05) is 0 Å². The van der Waals surface area contributed by atoms with Crippen LogP contribution in [0.1, 0.15) is 55.5 Å². The molecule has 0 aliphatic heterocycles. The van der Waals surface area contributed by atoms with Gasteiger partial charge in [0.05, 0.1) is 11.3 Å². The summed E-state index contributed by atoms with van der Waals surface area (Å²) in [4.78, 5) is 11.4. The summed E-state index contributed by atoms with van der Waals surface area (Å²) in [6, 6.07) is 4.05. The molecule has 0 spiro atoms. The van der Waals surface area contributed by atoms with Gasteiger partial charge in [0.2, 0.25) is 0 Å². The summed E-state index contributed by atoms with van der Waals surface area (Å²) < 4.78 is 1.96. The summed E-state index contributed by atoms with van der Waals surface area (Å²) in [6.07, 6.45) is 0.772. The third-order valence-corrected chi connectivity index (χ3v) is 2.47. The smallest absolute Gasteiger partial charge is 0.176 e. The van der Waals surface area contributed by atoms with Crippen molar-refractivity contribution in [3.05, 3.63) is 23.0 Å². The molecule has 3 heteroatoms. The molecule has 15 heavy (non-hydrogen) atoms. The summed E-state index contributed by atoms with van der Waals surface area (Å²) in [5, 5.41) is 8.98. The SMILES string of the molecule is CCc1c(C#N)cc(C(C)=O)n1C(C)C. The Hall–Kier alpha value is -1.56. The molecule has 80 valence electrons. The fraction of sp³-hybridized carbons (Fsp3) is 0.500. The second kappa shape index (κ2) is 4.31. The van der Waals surface area contributed by atoms with Gasteiger partial charge in [-0.05, 0) is 26.3 Å². The van der Waals surface area contributed by atoms with Crippen LogP contribution in [0.5, 0.6) is 0 Å². The zero-order valence-corrected chi connectivity index (χ0v) is 9.66. The highest BCUT2D eigenvalue weighted by atomic mass is 16.1. The number of aromatic nitrogens is 1. The Labute approximate surface area is 90.3 Å². The van der Waals surface area contributed by atoms with Crippen molar-refractivity contribution in [2.45, 2.75) is 40.2 Å². The predicted molar refractivity (Wildman–Crippen MR) is 58.9 cm³/mol. The van der Waals surface area contributed by atoms with Crippen molar-refractivity contribution in [1.29, 1.82) is 5.26 Å². The molecule has 0 saturated carbocycles. The molecule has 0 unspecified atom stereocenters. The van der Waals surface area contributed by atoms with Gasteiger partial charge >= 0.3 is 0 Å². The first kappa shape index (κ1) is 11.5. The third kappa shape index (κ3) is 1.94. The van der Waals surface area contributed by atoms with Gasteiger partial charge in [0.1, 0.15) is 6.07 Å². The largest absolute Gasteiger partial charge is 0.338 e. The van der Waals surface area contributed by atoms with Crippen LogP contribution in [0, 0.1) is 11.3 Å². The average molecular weight is 204 g/mol. The van der Waals surface area contributed by atoms with Crippen LogP contribution in [0.4, 0.5) is 0 Å². The molecular weight excluding hydrogens is 188 g/mol. The van der Waals surface area contributed by atoms with Crippen molar-refractivity contribution in [3.63, 3.8) is 0 Å². The zero-order valence-electron chi connectivity index (χ0n) is 9.66. The van der Waals surface area contributed by atoms with Gasteiger partial charge in [-0.25, -0.2) is 0 Å². The molecule has 0 saturated heterocycles. The molecule has 0 atom stereocenters. The number of ketones is 1. The molecule has 1 aromatic heterocycles. The average Bonchev–Trinajstić information content (AvgIpc) is 2.55. The number of hydrogen-bond acceptors (Lipinski definition) is 2. The predicted octanol–water partition coefficient (Wildman–Crippen LogP) is 2.71. The number of hydrogen-bond donors (Lipinski definition) is 0. The van der Waals surface area contributed by atoms with Crippen LogP contribution in [0.3, 0.4) is 0 Å². The number of carbonyl (C=O) groups excluding carboxylic acids is 1. The molecule has 1 aromatic rings. The van der Waals surface area contributed by atoms with Crippen molar-refractivity contribution in [3.8, 4) is 6.07 Å². The Morgan fingerprint density at radius 3 is 2.53 bits per heavy atom. The van der Waals surface area contributed by atoms with Gasteiger partial charge in [0.15, 0.2) is 5.78 Å². The lowest BCUT2D eigenvalue weighted by Crippen LogP contribution is -2.11. The molecular formula is C12H16N2O. The lowest BCUT2D eigenvalue weighted by atomic mass is 10.2. The van der Waals surface area contributed by atoms with Crippen molar-refractivity contribution in [2.24, 2.45) is 0 Å². The number of nitrogens with zero attached hydrogens (tertiary/aromatic N) is 2. The van der Waals surface area contributed by atoms with Gasteiger partial charge in [-0.1, -0.05) is 6.92 Å². The molecule has 0 amide bonds. The first-order chi connectivity index (χ1) is 7.02. The van der Waals surface area contributed by atoms with Gasteiger partial charge < -0.3 is 4.57 Å². The van der Waals surface area contributed by atoms with Crippen LogP contribution in [0.15, 0.2) is 6.07 Å². The minimum Gasteiger partial charge on any atom is -0.338 e. The summed E-state index contributed by atoms with van der Waals surface area (Å²) in [5.74, 6) is 0.0138. The number of nitriles is 1. The van der Waals surface area contributed by atoms with E-state index in [0.717, 1.165) is 12.1 Å². The van der Waals surface area contributed by atoms with E-state index in [1.54, 1.807) is 6.07 Å². The molecule has 0 N–H and O–H groups in total. The minimum atomic E-state index is 0.0138. The first-order valence-corrected chi connectivity index (χ1v) is 5.18. The second-order valence-electron chi connectivity index (χ2n) is 3.88. The Morgan fingerprint density at radius 2 is 2.20 bits per heavy atom. The maximum Gasteiger partial charge on any atom is 0.176 e. The van der Waals surface area contributed by atoms with E-state index in [1.807, 2.05) is 25.3 Å². The molecule has 0 aliphatic carbocycles. The van der Waals surface area contributed by atoms with E-state index in [-0.39, 0.29) is 11.8 Å². The standard InChI is InChI=1S/C12H16N2O/c1-5-11-10(7-13)6-12(9(4)15)14(11)8(2)3/h6,8H,5H2,1-4H3. The van der Waals surface area contributed by atoms with E-state index in [0.29, 0.717) is 11.3 Å². The molecule has 0 radical (unpaired) electrons. The highest BCUT2D eigenvalue weighted by Gasteiger charge is 2.17. The van der Waals surface area contributed by atoms with Crippen LogP contribution in [0.25, 0.3) is 0 Å². The Morgan fingerprint density at radius 1 is 1.60 bits per heavy atom. The van der Waals surface area contributed by atoms with Crippen LogP contribution < -0.4 is 0 Å². The van der Waals surface area contributed by atoms with Crippen molar-refractivity contribution >= 4 is 5.78 Å². The molecule has 3 nitrogen and oxygen atoms in total. The van der Waals surface area contributed by atoms with E-state index < -0.39 is 0 Å². The molecule has 1 rings (SSSR count). The Balaban J connectivity index is 3.48. The normalized spacial score (nSPS) is 10.4. The van der Waals surface area contributed by atoms with Gasteiger partial charge in [-0.15, -0.1) is 0 Å². The highest BCUT2D eigenvalue weighted by molar-refractivity contribution is 5.93. The maximum atomic E-state index is 11.4. The van der Waals surface area contributed by atoms with E-state index >= 15 is 0 Å². The van der Waals surface area contributed by atoms with Gasteiger partial charge in [0.25, 0.3) is 0 Å². The Kier molecular flexibility index (Phi) is 3.31. The fourth-order valence-corrected chi connectivity index (χ4v) is 1.88. The van der Waals surface area contributed by atoms with Crippen LogP contribution in [-0.4, -0.2) is 10.4 Å². The van der Waals surface area contributed by atoms with E-state index in [4.69, 9.17) is 5.26 Å². The number of rotatable bonds is 3. The Bertz CT molecular complexity index is 422. The van der Waals surface area contributed by atoms with Gasteiger partial charge in [-0.2, -0.15) is 5.26 Å². The van der Waals surface area contributed by atoms with Crippen molar-refractivity contribution in [1.82, 2.24) is 4.57 Å². The van der Waals surface area contributed by atoms with E-state index in [1.165, 1.54) is 6.92 Å². The van der Waals surface area contributed by atoms with Gasteiger partial charge in [0, 0.05) is 18.7 Å². The van der Waals surface area contributed by atoms with Crippen LogP contribution in [-0.2, 0) is 6.42 Å². The molecule has 0 aliphatic rings. The topological polar surface area (TPSA) is 45.8 Å². The monoisotopic (exact) mass is 204 g/mol. The number of Topliss-reactive ketones (excluding diaryl/α,β-unsaturated/α-hetero) is 1. The molecule has 0 aromatic carbocycles. The summed E-state index contributed by atoms with van der Waals surface area (Å²) in [5.41, 5.74) is 2.22. The maximum absolute atomic E-state index is 11.4. The molecule has 1 heterocycles. The highest BCUT2D eigenvalue weighted by Crippen LogP contribution is 2.21. The lowest BCUT2D eigenvalue weighted by Gasteiger charge is -2.15. The fourth-order valence-electron chi connectivity index (χ4n) is 1.88. The van der Waals surface area contributed by atoms with Crippen molar-refractivity contribution < 1.29 is 4.79 Å². The molecule has 0 bridgehead atoms. The van der Waals surface area contributed by atoms with Gasteiger partial charge in [-0.3, -0.25) is 4.79 Å². The quantitative estimate of drug-likeness (QED) is 0.710. The summed E-state index contributed by atoms with van der Waals surface area (Å²) in [6.45, 7) is 7.58. The summed E-state index contributed by atoms with van der Waals surface area (Å²) in [7, 11) is 0. The van der Waals surface area contributed by atoms with E-state index in [9.17, 15) is 4.79 Å². The first-order valence-electron chi connectivity index (χ1n) is 5.18. The third-order valence-electron chi connectivity index (χ3n) is 2.47. The second-order valence-corrected chi connectivity index (χ2v) is 3.88. The van der Waals surface area contributed by atoms with E-state index in [2.05, 4.69) is 6.07 Å². The summed E-state index contributed by atoms with van der Waals surface area (Å²) >= 11 is 0. The van der Waals surface area contributed by atoms with Crippen LogP contribution in [0.2, 0.25) is 0 Å². The number of carbonyl (C=O) groups is 1. The minimum absolute atomic E-state index is 0.0138. The molecule has 0 fully saturated rings. The zero-order chi connectivity index (χ0) is 11.6. The van der Waals surface area contributed by atoms with Crippen LogP contribution >= 0.6 is 0 Å². The lowest BCUT2D eigenvalue weighted by molar-refractivity contribution is 0.100.